The van der Waals surface area contributed by atoms with Crippen LogP contribution in [0.15, 0.2) is 30.3 Å². The molecule has 82 valence electrons. The van der Waals surface area contributed by atoms with Gasteiger partial charge in [0, 0.05) is 11.8 Å². The molecule has 0 heterocycles. The second-order valence-corrected chi connectivity index (χ2v) is 4.11. The van der Waals surface area contributed by atoms with Crippen molar-refractivity contribution in [2.24, 2.45) is 0 Å². The van der Waals surface area contributed by atoms with Crippen molar-refractivity contribution >= 4 is 17.9 Å². The maximum absolute atomic E-state index is 11.4. The molecule has 3 nitrogen and oxygen atoms in total. The van der Waals surface area contributed by atoms with Gasteiger partial charge in [0.25, 0.3) is 0 Å². The monoisotopic (exact) mass is 225 g/mol. The molecule has 0 aliphatic carbocycles. The Bertz CT molecular complexity index is 303. The maximum Gasteiger partial charge on any atom is 0.412 e. The zero-order valence-electron chi connectivity index (χ0n) is 8.90. The SMILES string of the molecule is CSCC(C)NC(=O)Oc1ccccc1. The summed E-state index contributed by atoms with van der Waals surface area (Å²) in [5, 5.41) is 2.75. The first-order valence-corrected chi connectivity index (χ1v) is 6.14. The summed E-state index contributed by atoms with van der Waals surface area (Å²) < 4.78 is 5.07. The smallest absolute Gasteiger partial charge is 0.410 e. The average molecular weight is 225 g/mol. The molecule has 0 radical (unpaired) electrons. The van der Waals surface area contributed by atoms with E-state index in [4.69, 9.17) is 4.74 Å². The normalized spacial score (nSPS) is 11.9. The molecule has 1 N–H and O–H groups in total. The summed E-state index contributed by atoms with van der Waals surface area (Å²) in [4.78, 5) is 11.4. The zero-order chi connectivity index (χ0) is 11.1. The number of benzene rings is 1. The van der Waals surface area contributed by atoms with E-state index in [2.05, 4.69) is 5.32 Å². The highest BCUT2D eigenvalue weighted by Gasteiger charge is 2.07. The van der Waals surface area contributed by atoms with E-state index in [-0.39, 0.29) is 6.04 Å². The third kappa shape index (κ3) is 4.74. The van der Waals surface area contributed by atoms with Crippen LogP contribution >= 0.6 is 11.8 Å². The van der Waals surface area contributed by atoms with Gasteiger partial charge in [0.15, 0.2) is 0 Å². The Morgan fingerprint density at radius 3 is 2.73 bits per heavy atom. The quantitative estimate of drug-likeness (QED) is 0.855. The zero-order valence-corrected chi connectivity index (χ0v) is 9.71. The van der Waals surface area contributed by atoms with Crippen LogP contribution in [0, 0.1) is 0 Å². The van der Waals surface area contributed by atoms with Crippen molar-refractivity contribution < 1.29 is 9.53 Å². The molecule has 0 saturated heterocycles. The van der Waals surface area contributed by atoms with E-state index >= 15 is 0 Å². The largest absolute Gasteiger partial charge is 0.412 e. The average Bonchev–Trinajstić information content (AvgIpc) is 2.19. The fraction of sp³-hybridized carbons (Fsp3) is 0.364. The molecule has 0 aromatic heterocycles. The predicted molar refractivity (Wildman–Crippen MR) is 63.4 cm³/mol. The van der Waals surface area contributed by atoms with E-state index in [1.165, 1.54) is 0 Å². The molecule has 0 aliphatic rings. The lowest BCUT2D eigenvalue weighted by Crippen LogP contribution is -2.36. The van der Waals surface area contributed by atoms with E-state index in [9.17, 15) is 4.79 Å². The highest BCUT2D eigenvalue weighted by Crippen LogP contribution is 2.08. The number of ether oxygens (including phenoxy) is 1. The molecule has 0 saturated carbocycles. The number of nitrogens with one attached hydrogen (secondary N) is 1. The van der Waals surface area contributed by atoms with Crippen LogP contribution in [-0.4, -0.2) is 24.1 Å². The first-order chi connectivity index (χ1) is 7.22. The molecule has 0 spiro atoms. The lowest BCUT2D eigenvalue weighted by Gasteiger charge is -2.12. The molecule has 1 unspecified atom stereocenters. The molecule has 0 bridgehead atoms. The Kier molecular flexibility index (Phi) is 5.04. The van der Waals surface area contributed by atoms with Gasteiger partial charge < -0.3 is 10.1 Å². The van der Waals surface area contributed by atoms with E-state index in [0.29, 0.717) is 5.75 Å². The summed E-state index contributed by atoms with van der Waals surface area (Å²) in [7, 11) is 0. The van der Waals surface area contributed by atoms with E-state index < -0.39 is 6.09 Å². The second kappa shape index (κ2) is 6.35. The van der Waals surface area contributed by atoms with Gasteiger partial charge in [0.1, 0.15) is 5.75 Å². The number of para-hydroxylation sites is 1. The van der Waals surface area contributed by atoms with Gasteiger partial charge >= 0.3 is 6.09 Å². The van der Waals surface area contributed by atoms with Crippen LogP contribution in [0.3, 0.4) is 0 Å². The number of rotatable bonds is 4. The van der Waals surface area contributed by atoms with Crippen molar-refractivity contribution in [1.29, 1.82) is 0 Å². The van der Waals surface area contributed by atoms with Crippen LogP contribution in [0.1, 0.15) is 6.92 Å². The number of hydrogen-bond donors (Lipinski definition) is 1. The third-order valence-electron chi connectivity index (χ3n) is 1.73. The first-order valence-electron chi connectivity index (χ1n) is 4.74. The minimum absolute atomic E-state index is 0.121. The second-order valence-electron chi connectivity index (χ2n) is 3.20. The third-order valence-corrected chi connectivity index (χ3v) is 2.57. The van der Waals surface area contributed by atoms with Gasteiger partial charge in [0.05, 0.1) is 0 Å². The van der Waals surface area contributed by atoms with Gasteiger partial charge in [-0.2, -0.15) is 11.8 Å². The van der Waals surface area contributed by atoms with Gasteiger partial charge in [-0.15, -0.1) is 0 Å². The molecule has 4 heteroatoms. The van der Waals surface area contributed by atoms with Crippen molar-refractivity contribution in [3.8, 4) is 5.75 Å². The van der Waals surface area contributed by atoms with Crippen LogP contribution in [-0.2, 0) is 0 Å². The number of carbonyl (C=O) groups excluding carboxylic acids is 1. The highest BCUT2D eigenvalue weighted by atomic mass is 32.2. The molecule has 1 amide bonds. The van der Waals surface area contributed by atoms with Crippen molar-refractivity contribution in [3.63, 3.8) is 0 Å². The number of hydrogen-bond acceptors (Lipinski definition) is 3. The van der Waals surface area contributed by atoms with E-state index in [0.717, 1.165) is 5.75 Å². The number of carbonyl (C=O) groups is 1. The van der Waals surface area contributed by atoms with Gasteiger partial charge in [-0.25, -0.2) is 4.79 Å². The van der Waals surface area contributed by atoms with Gasteiger partial charge in [-0.3, -0.25) is 0 Å². The van der Waals surface area contributed by atoms with Gasteiger partial charge in [0.2, 0.25) is 0 Å². The maximum atomic E-state index is 11.4. The molecule has 0 fully saturated rings. The van der Waals surface area contributed by atoms with Crippen molar-refractivity contribution in [2.45, 2.75) is 13.0 Å². The standard InChI is InChI=1S/C11H15NO2S/c1-9(8-15-2)12-11(13)14-10-6-4-3-5-7-10/h3-7,9H,8H2,1-2H3,(H,12,13). The lowest BCUT2D eigenvalue weighted by molar-refractivity contribution is 0.198. The predicted octanol–water partition coefficient (Wildman–Crippen LogP) is 2.53. The molecule has 1 rings (SSSR count). The fourth-order valence-corrected chi connectivity index (χ4v) is 1.70. The van der Waals surface area contributed by atoms with Crippen molar-refractivity contribution in [1.82, 2.24) is 5.32 Å². The number of amides is 1. The van der Waals surface area contributed by atoms with Gasteiger partial charge in [-0.05, 0) is 25.3 Å². The molecule has 0 aliphatic heterocycles. The topological polar surface area (TPSA) is 38.3 Å². The lowest BCUT2D eigenvalue weighted by atomic mass is 10.3. The highest BCUT2D eigenvalue weighted by molar-refractivity contribution is 7.98. The Morgan fingerprint density at radius 1 is 1.47 bits per heavy atom. The van der Waals surface area contributed by atoms with Crippen LogP contribution in [0.4, 0.5) is 4.79 Å². The summed E-state index contributed by atoms with van der Waals surface area (Å²) in [6, 6.07) is 9.15. The summed E-state index contributed by atoms with van der Waals surface area (Å²) in [5.41, 5.74) is 0. The van der Waals surface area contributed by atoms with Crippen LogP contribution in [0.2, 0.25) is 0 Å². The summed E-state index contributed by atoms with van der Waals surface area (Å²) in [6.07, 6.45) is 1.60. The minimum Gasteiger partial charge on any atom is -0.410 e. The molecule has 1 aromatic carbocycles. The molecule has 1 atom stereocenters. The first kappa shape index (κ1) is 11.9. The van der Waals surface area contributed by atoms with E-state index in [1.54, 1.807) is 23.9 Å². The molecular formula is C11H15NO2S. The van der Waals surface area contributed by atoms with E-state index in [1.807, 2.05) is 31.4 Å². The van der Waals surface area contributed by atoms with Crippen LogP contribution in [0.5, 0.6) is 5.75 Å². The summed E-state index contributed by atoms with van der Waals surface area (Å²) in [6.45, 7) is 1.95. The summed E-state index contributed by atoms with van der Waals surface area (Å²) >= 11 is 1.69. The minimum atomic E-state index is -0.400. The Hall–Kier alpha value is -1.16. The van der Waals surface area contributed by atoms with Crippen LogP contribution < -0.4 is 10.1 Å². The van der Waals surface area contributed by atoms with Crippen molar-refractivity contribution in [3.05, 3.63) is 30.3 Å². The Balaban J connectivity index is 2.36. The molecular weight excluding hydrogens is 210 g/mol. The number of thioether (sulfide) groups is 1. The fourth-order valence-electron chi connectivity index (χ4n) is 1.12. The van der Waals surface area contributed by atoms with Gasteiger partial charge in [-0.1, -0.05) is 18.2 Å². The molecule has 15 heavy (non-hydrogen) atoms. The molecule has 1 aromatic rings. The Labute approximate surface area is 94.2 Å². The summed E-state index contributed by atoms with van der Waals surface area (Å²) in [5.74, 6) is 1.44. The Morgan fingerprint density at radius 2 is 2.13 bits per heavy atom. The van der Waals surface area contributed by atoms with Crippen molar-refractivity contribution in [2.75, 3.05) is 12.0 Å². The van der Waals surface area contributed by atoms with Crippen LogP contribution in [0.25, 0.3) is 0 Å².